The lowest BCUT2D eigenvalue weighted by Gasteiger charge is -2.29. The molecular weight excluding hydrogens is 218 g/mol. The van der Waals surface area contributed by atoms with Gasteiger partial charge in [0.25, 0.3) is 0 Å². The smallest absolute Gasteiger partial charge is 0.356 e. The molecule has 0 aromatic carbocycles. The number of fused-ring (bicyclic) bond motifs is 1. The lowest BCUT2D eigenvalue weighted by Crippen LogP contribution is -2.43. The molecule has 2 heterocycles. The maximum atomic E-state index is 10.9. The van der Waals surface area contributed by atoms with Crippen molar-refractivity contribution in [3.05, 3.63) is 17.7 Å². The largest absolute Gasteiger partial charge is 0.476 e. The molecule has 0 spiro atoms. The van der Waals surface area contributed by atoms with Crippen molar-refractivity contribution in [1.82, 2.24) is 14.9 Å². The first-order valence-corrected chi connectivity index (χ1v) is 6.27. The predicted molar refractivity (Wildman–Crippen MR) is 61.8 cm³/mol. The van der Waals surface area contributed by atoms with Gasteiger partial charge in [-0.25, -0.2) is 9.78 Å². The molecule has 3 rings (SSSR count). The minimum Gasteiger partial charge on any atom is -0.476 e. The van der Waals surface area contributed by atoms with E-state index in [-0.39, 0.29) is 5.69 Å². The van der Waals surface area contributed by atoms with Crippen LogP contribution in [0.2, 0.25) is 0 Å². The van der Waals surface area contributed by atoms with Crippen LogP contribution >= 0.6 is 0 Å². The maximum Gasteiger partial charge on any atom is 0.356 e. The Morgan fingerprint density at radius 1 is 1.47 bits per heavy atom. The minimum atomic E-state index is -0.940. The Labute approximate surface area is 99.8 Å². The lowest BCUT2D eigenvalue weighted by molar-refractivity contribution is 0.0691. The standard InChI is InChI=1S/C12H17N3O2/c16-12(17)10-7-15-6-9(8-3-1-2-4-8)13-5-11(15)14-10/h7-9,13H,1-6H2,(H,16,17). The third-order valence-electron chi connectivity index (χ3n) is 3.96. The number of nitrogens with zero attached hydrogens (tertiary/aromatic N) is 2. The van der Waals surface area contributed by atoms with Crippen LogP contribution in [0.25, 0.3) is 0 Å². The van der Waals surface area contributed by atoms with Crippen molar-refractivity contribution < 1.29 is 9.90 Å². The van der Waals surface area contributed by atoms with Crippen LogP contribution in [-0.4, -0.2) is 26.7 Å². The van der Waals surface area contributed by atoms with E-state index in [0.717, 1.165) is 18.3 Å². The fourth-order valence-corrected chi connectivity index (χ4v) is 3.03. The second kappa shape index (κ2) is 4.14. The van der Waals surface area contributed by atoms with Crippen molar-refractivity contribution in [1.29, 1.82) is 0 Å². The molecule has 1 aromatic rings. The molecule has 1 fully saturated rings. The van der Waals surface area contributed by atoms with Gasteiger partial charge in [0.15, 0.2) is 5.69 Å². The minimum absolute atomic E-state index is 0.161. The summed E-state index contributed by atoms with van der Waals surface area (Å²) in [6.45, 7) is 1.55. The van der Waals surface area contributed by atoms with Crippen LogP contribution in [0.5, 0.6) is 0 Å². The summed E-state index contributed by atoms with van der Waals surface area (Å²) in [5.74, 6) is 0.653. The average molecular weight is 235 g/mol. The summed E-state index contributed by atoms with van der Waals surface area (Å²) in [5.41, 5.74) is 0.161. The highest BCUT2D eigenvalue weighted by atomic mass is 16.4. The Bertz CT molecular complexity index is 435. The summed E-state index contributed by atoms with van der Waals surface area (Å²) in [4.78, 5) is 15.0. The molecule has 1 aliphatic heterocycles. The fourth-order valence-electron chi connectivity index (χ4n) is 3.03. The third-order valence-corrected chi connectivity index (χ3v) is 3.96. The molecule has 2 aliphatic rings. The van der Waals surface area contributed by atoms with Crippen LogP contribution in [0.1, 0.15) is 42.0 Å². The van der Waals surface area contributed by atoms with E-state index in [4.69, 9.17) is 5.11 Å². The second-order valence-electron chi connectivity index (χ2n) is 5.03. The molecule has 1 aliphatic carbocycles. The number of aromatic carboxylic acids is 1. The van der Waals surface area contributed by atoms with Gasteiger partial charge in [-0.1, -0.05) is 12.8 Å². The van der Waals surface area contributed by atoms with Gasteiger partial charge in [0, 0.05) is 18.8 Å². The van der Waals surface area contributed by atoms with Crippen molar-refractivity contribution in [2.75, 3.05) is 0 Å². The molecule has 1 atom stereocenters. The number of imidazole rings is 1. The molecule has 0 saturated heterocycles. The number of rotatable bonds is 2. The summed E-state index contributed by atoms with van der Waals surface area (Å²) in [7, 11) is 0. The van der Waals surface area contributed by atoms with Crippen molar-refractivity contribution in [3.63, 3.8) is 0 Å². The number of carbonyl (C=O) groups is 1. The third kappa shape index (κ3) is 1.95. The number of hydrogen-bond donors (Lipinski definition) is 2. The summed E-state index contributed by atoms with van der Waals surface area (Å²) >= 11 is 0. The van der Waals surface area contributed by atoms with Crippen LogP contribution < -0.4 is 5.32 Å². The van der Waals surface area contributed by atoms with Crippen LogP contribution in [0.15, 0.2) is 6.20 Å². The van der Waals surface area contributed by atoms with E-state index >= 15 is 0 Å². The van der Waals surface area contributed by atoms with E-state index in [9.17, 15) is 4.79 Å². The van der Waals surface area contributed by atoms with Crippen molar-refractivity contribution in [2.24, 2.45) is 5.92 Å². The van der Waals surface area contributed by atoms with Gasteiger partial charge in [-0.05, 0) is 18.8 Å². The zero-order chi connectivity index (χ0) is 11.8. The molecule has 92 valence electrons. The van der Waals surface area contributed by atoms with Crippen LogP contribution in [0.4, 0.5) is 0 Å². The molecule has 1 aromatic heterocycles. The topological polar surface area (TPSA) is 67.1 Å². The molecule has 1 unspecified atom stereocenters. The first-order chi connectivity index (χ1) is 8.24. The number of carboxylic acid groups (broad SMARTS) is 1. The van der Waals surface area contributed by atoms with Gasteiger partial charge in [-0.3, -0.25) is 0 Å². The molecule has 2 N–H and O–H groups in total. The molecule has 1 saturated carbocycles. The lowest BCUT2D eigenvalue weighted by atomic mass is 9.97. The number of nitrogens with one attached hydrogen (secondary N) is 1. The highest BCUT2D eigenvalue weighted by molar-refractivity contribution is 5.85. The first-order valence-electron chi connectivity index (χ1n) is 6.27. The van der Waals surface area contributed by atoms with Gasteiger partial charge in [0.1, 0.15) is 5.82 Å². The normalized spacial score (nSPS) is 24.8. The van der Waals surface area contributed by atoms with Crippen molar-refractivity contribution in [2.45, 2.75) is 44.8 Å². The summed E-state index contributed by atoms with van der Waals surface area (Å²) in [6, 6.07) is 0.487. The first kappa shape index (κ1) is 10.8. The van der Waals surface area contributed by atoms with Gasteiger partial charge in [0.2, 0.25) is 0 Å². The Balaban J connectivity index is 1.77. The van der Waals surface area contributed by atoms with Crippen molar-refractivity contribution >= 4 is 5.97 Å². The maximum absolute atomic E-state index is 10.9. The van der Waals surface area contributed by atoms with Gasteiger partial charge >= 0.3 is 5.97 Å². The van der Waals surface area contributed by atoms with Gasteiger partial charge in [-0.2, -0.15) is 0 Å². The van der Waals surface area contributed by atoms with E-state index in [1.54, 1.807) is 6.20 Å². The quantitative estimate of drug-likeness (QED) is 0.809. The van der Waals surface area contributed by atoms with E-state index in [2.05, 4.69) is 10.3 Å². The Morgan fingerprint density at radius 2 is 2.24 bits per heavy atom. The van der Waals surface area contributed by atoms with Crippen molar-refractivity contribution in [3.8, 4) is 0 Å². The molecule has 5 heteroatoms. The number of aromatic nitrogens is 2. The van der Waals surface area contributed by atoms with E-state index < -0.39 is 5.97 Å². The Morgan fingerprint density at radius 3 is 2.94 bits per heavy atom. The molecular formula is C12H17N3O2. The van der Waals surface area contributed by atoms with E-state index in [0.29, 0.717) is 12.6 Å². The summed E-state index contributed by atoms with van der Waals surface area (Å²) in [5, 5.41) is 12.4. The molecule has 17 heavy (non-hydrogen) atoms. The van der Waals surface area contributed by atoms with Crippen LogP contribution in [-0.2, 0) is 13.1 Å². The highest BCUT2D eigenvalue weighted by Gasteiger charge is 2.29. The van der Waals surface area contributed by atoms with Gasteiger partial charge in [-0.15, -0.1) is 0 Å². The molecule has 0 radical (unpaired) electrons. The monoisotopic (exact) mass is 235 g/mol. The summed E-state index contributed by atoms with van der Waals surface area (Å²) in [6.07, 6.45) is 6.93. The Kier molecular flexibility index (Phi) is 2.63. The zero-order valence-corrected chi connectivity index (χ0v) is 9.72. The van der Waals surface area contributed by atoms with Gasteiger partial charge < -0.3 is 15.0 Å². The summed E-state index contributed by atoms with van der Waals surface area (Å²) < 4.78 is 2.00. The Hall–Kier alpha value is -1.36. The second-order valence-corrected chi connectivity index (χ2v) is 5.03. The SMILES string of the molecule is O=C(O)c1cn2c(n1)CNC(C1CCCC1)C2. The molecule has 0 amide bonds. The number of hydrogen-bond acceptors (Lipinski definition) is 3. The molecule has 5 nitrogen and oxygen atoms in total. The van der Waals surface area contributed by atoms with Crippen LogP contribution in [0, 0.1) is 5.92 Å². The average Bonchev–Trinajstić information content (AvgIpc) is 2.97. The molecule has 0 bridgehead atoms. The van der Waals surface area contributed by atoms with E-state index in [1.165, 1.54) is 25.7 Å². The van der Waals surface area contributed by atoms with E-state index in [1.807, 2.05) is 4.57 Å². The van der Waals surface area contributed by atoms with Crippen LogP contribution in [0.3, 0.4) is 0 Å². The fraction of sp³-hybridized carbons (Fsp3) is 0.667. The zero-order valence-electron chi connectivity index (χ0n) is 9.72. The predicted octanol–water partition coefficient (Wildman–Crippen LogP) is 1.24. The number of carboxylic acids is 1. The highest BCUT2D eigenvalue weighted by Crippen LogP contribution is 2.30. The van der Waals surface area contributed by atoms with Gasteiger partial charge in [0.05, 0.1) is 6.54 Å².